The second kappa shape index (κ2) is 9.10. The fourth-order valence-corrected chi connectivity index (χ4v) is 3.65. The van der Waals surface area contributed by atoms with Crippen molar-refractivity contribution in [3.05, 3.63) is 52.6 Å². The number of nitrogens with one attached hydrogen (secondary N) is 2. The highest BCUT2D eigenvalue weighted by Gasteiger charge is 2.26. The molecular weight excluding hydrogens is 408 g/mol. The highest BCUT2D eigenvalue weighted by molar-refractivity contribution is 9.10. The molecule has 0 radical (unpaired) electrons. The molecule has 1 aromatic heterocycles. The summed E-state index contributed by atoms with van der Waals surface area (Å²) in [5.74, 6) is 0.509. The molecule has 0 unspecified atom stereocenters. The Bertz CT molecular complexity index is 805. The Kier molecular flexibility index (Phi) is 6.58. The number of pyridine rings is 1. The Morgan fingerprint density at radius 1 is 1.19 bits per heavy atom. The average molecular weight is 431 g/mol. The van der Waals surface area contributed by atoms with Gasteiger partial charge in [-0.2, -0.15) is 0 Å². The van der Waals surface area contributed by atoms with Gasteiger partial charge in [-0.1, -0.05) is 22.0 Å². The molecule has 0 bridgehead atoms. The molecule has 2 N–H and O–H groups in total. The second-order valence-electron chi connectivity index (χ2n) is 6.76. The fraction of sp³-hybridized carbons (Fsp3) is 0.350. The van der Waals surface area contributed by atoms with Crippen LogP contribution in [0, 0.1) is 12.8 Å². The van der Waals surface area contributed by atoms with Gasteiger partial charge in [0.05, 0.1) is 6.54 Å². The summed E-state index contributed by atoms with van der Waals surface area (Å²) in [5.41, 5.74) is 1.84. The van der Waals surface area contributed by atoms with Gasteiger partial charge in [0.1, 0.15) is 5.82 Å². The number of rotatable bonds is 5. The second-order valence-corrected chi connectivity index (χ2v) is 7.68. The summed E-state index contributed by atoms with van der Waals surface area (Å²) in [7, 11) is 0. The molecule has 27 heavy (non-hydrogen) atoms. The van der Waals surface area contributed by atoms with Crippen molar-refractivity contribution in [3.8, 4) is 0 Å². The normalized spacial score (nSPS) is 15.3. The minimum atomic E-state index is -0.0416. The third-order valence-corrected chi connectivity index (χ3v) is 5.20. The van der Waals surface area contributed by atoms with Crippen LogP contribution in [0.3, 0.4) is 0 Å². The summed E-state index contributed by atoms with van der Waals surface area (Å²) < 4.78 is 0.990. The Morgan fingerprint density at radius 2 is 1.96 bits per heavy atom. The highest BCUT2D eigenvalue weighted by Crippen LogP contribution is 2.21. The van der Waals surface area contributed by atoms with Crippen molar-refractivity contribution in [2.75, 3.05) is 30.3 Å². The lowest BCUT2D eigenvalue weighted by Gasteiger charge is -2.30. The number of aryl methyl sites for hydroxylation is 1. The van der Waals surface area contributed by atoms with Crippen molar-refractivity contribution in [1.82, 2.24) is 9.88 Å². The molecule has 3 rings (SSSR count). The minimum Gasteiger partial charge on any atom is -0.325 e. The van der Waals surface area contributed by atoms with Gasteiger partial charge in [0.25, 0.3) is 0 Å². The zero-order valence-electron chi connectivity index (χ0n) is 15.2. The maximum atomic E-state index is 12.3. The number of carbonyl (C=O) groups is 2. The number of hydrogen-bond donors (Lipinski definition) is 2. The van der Waals surface area contributed by atoms with Crippen molar-refractivity contribution in [2.45, 2.75) is 19.8 Å². The summed E-state index contributed by atoms with van der Waals surface area (Å²) in [6.45, 7) is 3.76. The molecule has 2 heterocycles. The van der Waals surface area contributed by atoms with Crippen LogP contribution in [0.5, 0.6) is 0 Å². The van der Waals surface area contributed by atoms with Crippen molar-refractivity contribution in [2.24, 2.45) is 5.92 Å². The van der Waals surface area contributed by atoms with E-state index in [1.165, 1.54) is 0 Å². The van der Waals surface area contributed by atoms with Crippen molar-refractivity contribution >= 4 is 39.2 Å². The summed E-state index contributed by atoms with van der Waals surface area (Å²) in [4.78, 5) is 30.9. The monoisotopic (exact) mass is 430 g/mol. The van der Waals surface area contributed by atoms with Crippen LogP contribution >= 0.6 is 15.9 Å². The van der Waals surface area contributed by atoms with E-state index in [9.17, 15) is 9.59 Å². The van der Waals surface area contributed by atoms with E-state index in [2.05, 4.69) is 36.4 Å². The van der Waals surface area contributed by atoms with Crippen LogP contribution in [0.15, 0.2) is 47.1 Å². The number of hydrogen-bond acceptors (Lipinski definition) is 4. The largest absolute Gasteiger partial charge is 0.325 e. The number of benzene rings is 1. The van der Waals surface area contributed by atoms with Crippen LogP contribution in [0.1, 0.15) is 18.4 Å². The molecule has 6 nitrogen and oxygen atoms in total. The van der Waals surface area contributed by atoms with Gasteiger partial charge in [0, 0.05) is 22.3 Å². The van der Waals surface area contributed by atoms with Crippen LogP contribution in [0.2, 0.25) is 0 Å². The van der Waals surface area contributed by atoms with E-state index >= 15 is 0 Å². The van der Waals surface area contributed by atoms with Gasteiger partial charge in [-0.15, -0.1) is 0 Å². The number of likely N-dealkylation sites (tertiary alicyclic amines) is 1. The molecule has 142 valence electrons. The van der Waals surface area contributed by atoms with Crippen molar-refractivity contribution in [1.29, 1.82) is 0 Å². The van der Waals surface area contributed by atoms with Crippen LogP contribution in [-0.4, -0.2) is 41.3 Å². The highest BCUT2D eigenvalue weighted by atomic mass is 79.9. The van der Waals surface area contributed by atoms with E-state index in [0.717, 1.165) is 41.7 Å². The average Bonchev–Trinajstić information content (AvgIpc) is 2.65. The first-order valence-electron chi connectivity index (χ1n) is 9.01. The molecule has 0 aliphatic carbocycles. The summed E-state index contributed by atoms with van der Waals surface area (Å²) >= 11 is 3.42. The van der Waals surface area contributed by atoms with E-state index in [1.807, 2.05) is 37.3 Å². The lowest BCUT2D eigenvalue weighted by Crippen LogP contribution is -2.41. The molecule has 1 aliphatic heterocycles. The molecule has 1 fully saturated rings. The van der Waals surface area contributed by atoms with Crippen LogP contribution < -0.4 is 10.6 Å². The number of aromatic nitrogens is 1. The number of halogens is 1. The van der Waals surface area contributed by atoms with E-state index in [4.69, 9.17) is 0 Å². The zero-order chi connectivity index (χ0) is 19.2. The van der Waals surface area contributed by atoms with Crippen LogP contribution in [-0.2, 0) is 9.59 Å². The first kappa shape index (κ1) is 19.5. The third kappa shape index (κ3) is 5.61. The van der Waals surface area contributed by atoms with Crippen molar-refractivity contribution < 1.29 is 9.59 Å². The van der Waals surface area contributed by atoms with Gasteiger partial charge in [0.2, 0.25) is 11.8 Å². The molecule has 1 saturated heterocycles. The number of anilines is 2. The van der Waals surface area contributed by atoms with Crippen molar-refractivity contribution in [3.63, 3.8) is 0 Å². The van der Waals surface area contributed by atoms with Gasteiger partial charge in [-0.05, 0) is 68.8 Å². The fourth-order valence-electron chi connectivity index (χ4n) is 3.18. The minimum absolute atomic E-state index is 0.00305. The molecule has 0 spiro atoms. The van der Waals surface area contributed by atoms with Gasteiger partial charge >= 0.3 is 0 Å². The summed E-state index contributed by atoms with van der Waals surface area (Å²) in [6.07, 6.45) is 3.14. The maximum Gasteiger partial charge on any atom is 0.238 e. The van der Waals surface area contributed by atoms with Gasteiger partial charge < -0.3 is 10.6 Å². The zero-order valence-corrected chi connectivity index (χ0v) is 16.8. The van der Waals surface area contributed by atoms with Gasteiger partial charge in [0.15, 0.2) is 0 Å². The Balaban J connectivity index is 1.45. The molecule has 7 heteroatoms. The third-order valence-electron chi connectivity index (χ3n) is 4.70. The predicted octanol–water partition coefficient (Wildman–Crippen LogP) is 3.44. The molecule has 1 aliphatic rings. The van der Waals surface area contributed by atoms with E-state index in [1.54, 1.807) is 12.3 Å². The molecular formula is C20H23BrN4O2. The van der Waals surface area contributed by atoms with Gasteiger partial charge in [-0.25, -0.2) is 4.98 Å². The first-order valence-corrected chi connectivity index (χ1v) is 9.81. The van der Waals surface area contributed by atoms with E-state index in [-0.39, 0.29) is 17.7 Å². The maximum absolute atomic E-state index is 12.3. The smallest absolute Gasteiger partial charge is 0.238 e. The quantitative estimate of drug-likeness (QED) is 0.761. The predicted molar refractivity (Wildman–Crippen MR) is 110 cm³/mol. The van der Waals surface area contributed by atoms with Crippen LogP contribution in [0.25, 0.3) is 0 Å². The number of nitrogens with zero attached hydrogens (tertiary/aromatic N) is 2. The molecule has 0 atom stereocenters. The van der Waals surface area contributed by atoms with E-state index < -0.39 is 0 Å². The van der Waals surface area contributed by atoms with Crippen LogP contribution in [0.4, 0.5) is 11.5 Å². The van der Waals surface area contributed by atoms with Gasteiger partial charge in [-0.3, -0.25) is 14.5 Å². The number of piperidine rings is 1. The topological polar surface area (TPSA) is 74.3 Å². The molecule has 0 saturated carbocycles. The Morgan fingerprint density at radius 3 is 2.63 bits per heavy atom. The summed E-state index contributed by atoms with van der Waals surface area (Å²) in [6, 6.07) is 11.2. The molecule has 2 aromatic rings. The lowest BCUT2D eigenvalue weighted by atomic mass is 9.96. The summed E-state index contributed by atoms with van der Waals surface area (Å²) in [5, 5.41) is 5.82. The lowest BCUT2D eigenvalue weighted by molar-refractivity contribution is -0.121. The number of carbonyl (C=O) groups excluding carboxylic acids is 2. The Labute approximate surface area is 167 Å². The number of amides is 2. The molecule has 1 aromatic carbocycles. The SMILES string of the molecule is Cc1cc(Br)ccc1NC(=O)CN1CCC(C(=O)Nc2ccccn2)CC1. The standard InChI is InChI=1S/C20H23BrN4O2/c1-14-12-16(21)5-6-17(14)23-19(26)13-25-10-7-15(8-11-25)20(27)24-18-4-2-3-9-22-18/h2-6,9,12,15H,7-8,10-11,13H2,1H3,(H,23,26)(H,22,24,27). The first-order chi connectivity index (χ1) is 13.0. The molecule has 2 amide bonds. The van der Waals surface area contributed by atoms with E-state index in [0.29, 0.717) is 12.4 Å². The Hall–Kier alpha value is -2.25.